The van der Waals surface area contributed by atoms with Gasteiger partial charge in [-0.2, -0.15) is 5.26 Å². The summed E-state index contributed by atoms with van der Waals surface area (Å²) in [4.78, 5) is 3.83. The number of hydrogen-bond acceptors (Lipinski definition) is 4. The summed E-state index contributed by atoms with van der Waals surface area (Å²) in [5, 5.41) is 9.93. The molecular weight excluding hydrogens is 292 g/mol. The number of thiophene rings is 1. The van der Waals surface area contributed by atoms with Gasteiger partial charge in [0.25, 0.3) is 0 Å². The third kappa shape index (κ3) is 3.38. The van der Waals surface area contributed by atoms with Crippen LogP contribution in [0, 0.1) is 11.3 Å². The third-order valence-electron chi connectivity index (χ3n) is 3.66. The largest absolute Gasteiger partial charge is 0.452 e. The molecule has 1 aromatic carbocycles. The van der Waals surface area contributed by atoms with Crippen molar-refractivity contribution in [2.45, 2.75) is 26.4 Å². The Morgan fingerprint density at radius 1 is 1.45 bits per heavy atom. The second-order valence-electron chi connectivity index (χ2n) is 5.59. The lowest BCUT2D eigenvalue weighted by Crippen LogP contribution is -2.29. The quantitative estimate of drug-likeness (QED) is 0.798. The van der Waals surface area contributed by atoms with Gasteiger partial charge in [0.15, 0.2) is 5.06 Å². The molecule has 0 amide bonds. The molecule has 0 spiro atoms. The molecule has 4 heteroatoms. The van der Waals surface area contributed by atoms with E-state index in [1.807, 2.05) is 25.1 Å². The van der Waals surface area contributed by atoms with Crippen LogP contribution in [0.5, 0.6) is 5.06 Å². The van der Waals surface area contributed by atoms with Gasteiger partial charge in [-0.3, -0.25) is 4.90 Å². The minimum atomic E-state index is 0.725. The molecule has 0 fully saturated rings. The maximum Gasteiger partial charge on any atom is 0.180 e. The highest BCUT2D eigenvalue weighted by molar-refractivity contribution is 7.14. The van der Waals surface area contributed by atoms with Gasteiger partial charge in [-0.05, 0) is 42.7 Å². The van der Waals surface area contributed by atoms with E-state index in [1.165, 1.54) is 16.0 Å². The van der Waals surface area contributed by atoms with Gasteiger partial charge in [-0.25, -0.2) is 0 Å². The van der Waals surface area contributed by atoms with E-state index in [9.17, 15) is 0 Å². The summed E-state index contributed by atoms with van der Waals surface area (Å²) in [6, 6.07) is 12.2. The van der Waals surface area contributed by atoms with Crippen LogP contribution < -0.4 is 4.74 Å². The molecule has 112 valence electrons. The maximum absolute atomic E-state index is 8.99. The lowest BCUT2D eigenvalue weighted by molar-refractivity contribution is 0.247. The number of allylic oxidation sites excluding steroid dienone is 1. The highest BCUT2D eigenvalue weighted by atomic mass is 32.1. The topological polar surface area (TPSA) is 36.3 Å². The van der Waals surface area contributed by atoms with Gasteiger partial charge in [-0.15, -0.1) is 11.3 Å². The number of fused-ring (bicyclic) bond motifs is 1. The Morgan fingerprint density at radius 2 is 2.32 bits per heavy atom. The van der Waals surface area contributed by atoms with Crippen molar-refractivity contribution in [2.75, 3.05) is 6.54 Å². The minimum absolute atomic E-state index is 0.725. The summed E-state index contributed by atoms with van der Waals surface area (Å²) in [7, 11) is 0. The average molecular weight is 310 g/mol. The second-order valence-corrected chi connectivity index (χ2v) is 6.69. The van der Waals surface area contributed by atoms with Crippen LogP contribution in [0.4, 0.5) is 0 Å². The fourth-order valence-corrected chi connectivity index (χ4v) is 3.79. The van der Waals surface area contributed by atoms with Crippen LogP contribution in [0.25, 0.3) is 0 Å². The molecule has 1 aromatic heterocycles. The van der Waals surface area contributed by atoms with Crippen LogP contribution in [-0.4, -0.2) is 11.4 Å². The fraction of sp³-hybridized carbons (Fsp3) is 0.278. The van der Waals surface area contributed by atoms with E-state index in [-0.39, 0.29) is 0 Å². The number of rotatable bonds is 4. The summed E-state index contributed by atoms with van der Waals surface area (Å²) in [5.74, 6) is 0.726. The summed E-state index contributed by atoms with van der Waals surface area (Å²) >= 11 is 1.73. The third-order valence-corrected chi connectivity index (χ3v) is 4.78. The van der Waals surface area contributed by atoms with E-state index >= 15 is 0 Å². The molecule has 22 heavy (non-hydrogen) atoms. The van der Waals surface area contributed by atoms with Crippen LogP contribution in [0.1, 0.15) is 28.5 Å². The van der Waals surface area contributed by atoms with Crippen LogP contribution in [0.15, 0.2) is 42.7 Å². The maximum atomic E-state index is 8.99. The Kier molecular flexibility index (Phi) is 4.28. The highest BCUT2D eigenvalue weighted by Gasteiger charge is 2.20. The number of hydrogen-bond donors (Lipinski definition) is 0. The molecule has 2 aromatic rings. The average Bonchev–Trinajstić information content (AvgIpc) is 2.88. The van der Waals surface area contributed by atoms with Crippen molar-refractivity contribution in [1.29, 1.82) is 5.26 Å². The van der Waals surface area contributed by atoms with E-state index in [2.05, 4.69) is 29.7 Å². The standard InChI is InChI=1S/C18H18N2OS/c1-13(2)21-18-9-16-12-20(7-6-17(16)22-18)11-15-5-3-4-14(8-15)10-19/h3-5,8-9H,1,6-7,11-12H2,2H3. The number of nitrogens with zero attached hydrogens (tertiary/aromatic N) is 2. The molecule has 0 aliphatic carbocycles. The summed E-state index contributed by atoms with van der Waals surface area (Å²) in [6.45, 7) is 8.51. The Bertz CT molecular complexity index is 742. The lowest BCUT2D eigenvalue weighted by atomic mass is 10.1. The Labute approximate surface area is 135 Å². The van der Waals surface area contributed by atoms with Crippen LogP contribution in [0.2, 0.25) is 0 Å². The van der Waals surface area contributed by atoms with Gasteiger partial charge in [0.05, 0.1) is 17.4 Å². The van der Waals surface area contributed by atoms with Gasteiger partial charge < -0.3 is 4.74 Å². The first kappa shape index (κ1) is 14.8. The first-order chi connectivity index (χ1) is 10.6. The molecular formula is C18H18N2OS. The van der Waals surface area contributed by atoms with Crippen molar-refractivity contribution in [3.8, 4) is 11.1 Å². The molecule has 2 heterocycles. The number of nitriles is 1. The smallest absolute Gasteiger partial charge is 0.180 e. The summed E-state index contributed by atoms with van der Waals surface area (Å²) < 4.78 is 5.62. The SMILES string of the molecule is C=C(C)Oc1cc2c(s1)CCN(Cc1cccc(C#N)c1)C2. The zero-order valence-corrected chi connectivity index (χ0v) is 13.4. The molecule has 0 saturated carbocycles. The summed E-state index contributed by atoms with van der Waals surface area (Å²) in [6.07, 6.45) is 1.05. The molecule has 3 rings (SSSR count). The van der Waals surface area contributed by atoms with Crippen molar-refractivity contribution in [3.05, 3.63) is 64.2 Å². The van der Waals surface area contributed by atoms with Gasteiger partial charge in [0.1, 0.15) is 0 Å². The highest BCUT2D eigenvalue weighted by Crippen LogP contribution is 2.34. The fourth-order valence-electron chi connectivity index (χ4n) is 2.72. The molecule has 0 atom stereocenters. The van der Waals surface area contributed by atoms with Gasteiger partial charge in [-0.1, -0.05) is 18.7 Å². The predicted octanol–water partition coefficient (Wildman–Crippen LogP) is 4.09. The molecule has 0 N–H and O–H groups in total. The van der Waals surface area contributed by atoms with Crippen LogP contribution in [0.3, 0.4) is 0 Å². The van der Waals surface area contributed by atoms with Crippen LogP contribution >= 0.6 is 11.3 Å². The molecule has 0 radical (unpaired) electrons. The number of ether oxygens (including phenoxy) is 1. The first-order valence-electron chi connectivity index (χ1n) is 7.30. The molecule has 1 aliphatic rings. The van der Waals surface area contributed by atoms with E-state index in [0.717, 1.165) is 42.4 Å². The molecule has 3 nitrogen and oxygen atoms in total. The Balaban J connectivity index is 1.70. The normalized spacial score (nSPS) is 14.2. The second kappa shape index (κ2) is 6.35. The van der Waals surface area contributed by atoms with E-state index < -0.39 is 0 Å². The van der Waals surface area contributed by atoms with Crippen LogP contribution in [-0.2, 0) is 19.5 Å². The Morgan fingerprint density at radius 3 is 3.09 bits per heavy atom. The molecule has 0 bridgehead atoms. The molecule has 1 aliphatic heterocycles. The molecule has 0 saturated heterocycles. The lowest BCUT2D eigenvalue weighted by Gasteiger charge is -2.26. The van der Waals surface area contributed by atoms with Gasteiger partial charge in [0, 0.05) is 24.5 Å². The van der Waals surface area contributed by atoms with E-state index in [0.29, 0.717) is 0 Å². The van der Waals surface area contributed by atoms with Crippen molar-refractivity contribution in [1.82, 2.24) is 4.90 Å². The predicted molar refractivity (Wildman–Crippen MR) is 88.7 cm³/mol. The van der Waals surface area contributed by atoms with Crippen molar-refractivity contribution in [2.24, 2.45) is 0 Å². The zero-order chi connectivity index (χ0) is 15.5. The minimum Gasteiger partial charge on any atom is -0.452 e. The number of benzene rings is 1. The molecule has 0 unspecified atom stereocenters. The first-order valence-corrected chi connectivity index (χ1v) is 8.12. The van der Waals surface area contributed by atoms with Gasteiger partial charge in [0.2, 0.25) is 0 Å². The monoisotopic (exact) mass is 310 g/mol. The van der Waals surface area contributed by atoms with E-state index in [1.54, 1.807) is 11.3 Å². The van der Waals surface area contributed by atoms with Gasteiger partial charge >= 0.3 is 0 Å². The van der Waals surface area contributed by atoms with Crippen molar-refractivity contribution >= 4 is 11.3 Å². The Hall–Kier alpha value is -2.09. The van der Waals surface area contributed by atoms with Crippen molar-refractivity contribution < 1.29 is 4.74 Å². The summed E-state index contributed by atoms with van der Waals surface area (Å²) in [5.41, 5.74) is 3.27. The zero-order valence-electron chi connectivity index (χ0n) is 12.6. The van der Waals surface area contributed by atoms with E-state index in [4.69, 9.17) is 10.00 Å². The van der Waals surface area contributed by atoms with Crippen molar-refractivity contribution in [3.63, 3.8) is 0 Å².